The molecule has 2 saturated carbocycles. The minimum absolute atomic E-state index is 0.0000810. The van der Waals surface area contributed by atoms with Gasteiger partial charge in [-0.25, -0.2) is 0 Å². The van der Waals surface area contributed by atoms with Crippen LogP contribution in [0.2, 0.25) is 0 Å². The van der Waals surface area contributed by atoms with Crippen molar-refractivity contribution in [3.63, 3.8) is 0 Å². The van der Waals surface area contributed by atoms with Gasteiger partial charge in [0.25, 0.3) is 0 Å². The van der Waals surface area contributed by atoms with E-state index in [9.17, 15) is 9.90 Å². The highest BCUT2D eigenvalue weighted by molar-refractivity contribution is 7.99. The summed E-state index contributed by atoms with van der Waals surface area (Å²) in [6.07, 6.45) is 10.4. The van der Waals surface area contributed by atoms with Crippen LogP contribution >= 0.6 is 11.8 Å². The zero-order valence-corrected chi connectivity index (χ0v) is 16.4. The molecular formula is C21H32O3S. The normalized spacial score (nSPS) is 42.1. The van der Waals surface area contributed by atoms with Gasteiger partial charge in [0.1, 0.15) is 6.10 Å². The first-order valence-electron chi connectivity index (χ1n) is 10.2. The van der Waals surface area contributed by atoms with Gasteiger partial charge in [0.2, 0.25) is 0 Å². The molecule has 0 aromatic carbocycles. The van der Waals surface area contributed by atoms with Crippen LogP contribution in [-0.4, -0.2) is 33.8 Å². The summed E-state index contributed by atoms with van der Waals surface area (Å²) >= 11 is 2.01. The Morgan fingerprint density at radius 3 is 2.72 bits per heavy atom. The molecule has 1 saturated heterocycles. The van der Waals surface area contributed by atoms with Crippen molar-refractivity contribution in [2.75, 3.05) is 5.75 Å². The van der Waals surface area contributed by atoms with Crippen molar-refractivity contribution in [2.45, 2.75) is 88.6 Å². The zero-order valence-electron chi connectivity index (χ0n) is 15.6. The Labute approximate surface area is 156 Å². The molecule has 1 heterocycles. The summed E-state index contributed by atoms with van der Waals surface area (Å²) in [7, 11) is 0. The molecule has 3 nitrogen and oxygen atoms in total. The number of rotatable bonds is 3. The summed E-state index contributed by atoms with van der Waals surface area (Å²) in [5.74, 6) is 1.24. The van der Waals surface area contributed by atoms with Crippen molar-refractivity contribution in [3.05, 3.63) is 11.1 Å². The number of carbonyl (C=O) groups excluding carboxylic acids is 1. The molecule has 4 aliphatic rings. The molecule has 4 rings (SSSR count). The lowest BCUT2D eigenvalue weighted by Crippen LogP contribution is -2.41. The molecule has 0 amide bonds. The van der Waals surface area contributed by atoms with E-state index in [4.69, 9.17) is 4.74 Å². The lowest BCUT2D eigenvalue weighted by Gasteiger charge is -2.33. The second kappa shape index (κ2) is 6.92. The van der Waals surface area contributed by atoms with Gasteiger partial charge in [-0.2, -0.15) is 11.8 Å². The second-order valence-corrected chi connectivity index (χ2v) is 10.3. The number of carbonyl (C=O) groups is 1. The highest BCUT2D eigenvalue weighted by atomic mass is 32.2. The average molecular weight is 365 g/mol. The fraction of sp³-hybridized carbons (Fsp3) is 0.857. The quantitative estimate of drug-likeness (QED) is 0.592. The molecule has 0 aromatic rings. The van der Waals surface area contributed by atoms with E-state index in [1.807, 2.05) is 18.7 Å². The summed E-state index contributed by atoms with van der Waals surface area (Å²) < 4.78 is 5.95. The van der Waals surface area contributed by atoms with E-state index in [-0.39, 0.29) is 29.8 Å². The van der Waals surface area contributed by atoms with Gasteiger partial charge in [0.15, 0.2) is 0 Å². The fourth-order valence-electron chi connectivity index (χ4n) is 5.71. The van der Waals surface area contributed by atoms with Crippen LogP contribution in [0, 0.1) is 17.8 Å². The van der Waals surface area contributed by atoms with Crippen LogP contribution in [0.15, 0.2) is 11.1 Å². The van der Waals surface area contributed by atoms with E-state index in [1.165, 1.54) is 43.3 Å². The van der Waals surface area contributed by atoms with Crippen LogP contribution in [0.5, 0.6) is 0 Å². The largest absolute Gasteiger partial charge is 0.461 e. The highest BCUT2D eigenvalue weighted by Gasteiger charge is 2.56. The summed E-state index contributed by atoms with van der Waals surface area (Å²) in [4.78, 5) is 12.7. The van der Waals surface area contributed by atoms with Crippen LogP contribution in [0.3, 0.4) is 0 Å². The van der Waals surface area contributed by atoms with Gasteiger partial charge in [-0.3, -0.25) is 4.79 Å². The van der Waals surface area contributed by atoms with Crippen LogP contribution in [0.1, 0.15) is 71.6 Å². The first-order chi connectivity index (χ1) is 12.0. The SMILES string of the molecule is CC1=C2CC[C@@](C)(O)[C@@H]2[C@H]2OC(=O)[C@@H](CSC3CCCCC3)[C@@H]2CC1. The third kappa shape index (κ3) is 3.29. The molecular weight excluding hydrogens is 332 g/mol. The first-order valence-corrected chi connectivity index (χ1v) is 11.3. The van der Waals surface area contributed by atoms with Crippen molar-refractivity contribution in [1.29, 1.82) is 0 Å². The number of esters is 1. The maximum atomic E-state index is 12.7. The van der Waals surface area contributed by atoms with Crippen LogP contribution in [0.25, 0.3) is 0 Å². The van der Waals surface area contributed by atoms with E-state index in [0.717, 1.165) is 36.7 Å². The number of hydrogen-bond donors (Lipinski definition) is 1. The van der Waals surface area contributed by atoms with Crippen molar-refractivity contribution < 1.29 is 14.6 Å². The minimum Gasteiger partial charge on any atom is -0.461 e. The van der Waals surface area contributed by atoms with Crippen molar-refractivity contribution in [3.8, 4) is 0 Å². The lowest BCUT2D eigenvalue weighted by atomic mass is 9.78. The number of aliphatic hydroxyl groups is 1. The molecule has 1 aliphatic heterocycles. The van der Waals surface area contributed by atoms with E-state index >= 15 is 0 Å². The van der Waals surface area contributed by atoms with E-state index in [0.29, 0.717) is 0 Å². The third-order valence-electron chi connectivity index (χ3n) is 7.23. The molecule has 0 aromatic heterocycles. The standard InChI is InChI=1S/C21H32O3S/c1-13-8-9-16-17(12-25-14-6-4-3-5-7-14)20(22)24-19(16)18-15(13)10-11-21(18,2)23/h14,16-19,23H,3-12H2,1-2H3/t16-,17-,18-,19-,21+/m0/s1. The van der Waals surface area contributed by atoms with Gasteiger partial charge < -0.3 is 9.84 Å². The van der Waals surface area contributed by atoms with E-state index in [2.05, 4.69) is 6.92 Å². The summed E-state index contributed by atoms with van der Waals surface area (Å²) in [5.41, 5.74) is 2.09. The predicted octanol–water partition coefficient (Wildman–Crippen LogP) is 4.48. The van der Waals surface area contributed by atoms with Crippen molar-refractivity contribution >= 4 is 17.7 Å². The number of thioether (sulfide) groups is 1. The molecule has 25 heavy (non-hydrogen) atoms. The van der Waals surface area contributed by atoms with Crippen LogP contribution in [0.4, 0.5) is 0 Å². The molecule has 1 N–H and O–H groups in total. The topological polar surface area (TPSA) is 46.5 Å². The van der Waals surface area contributed by atoms with E-state index < -0.39 is 5.60 Å². The Balaban J connectivity index is 1.50. The summed E-state index contributed by atoms with van der Waals surface area (Å²) in [5, 5.41) is 11.7. The molecule has 3 fully saturated rings. The molecule has 4 heteroatoms. The third-order valence-corrected chi connectivity index (χ3v) is 8.73. The molecule has 140 valence electrons. The minimum atomic E-state index is -0.727. The van der Waals surface area contributed by atoms with Gasteiger partial charge in [0, 0.05) is 22.8 Å². The summed E-state index contributed by atoms with van der Waals surface area (Å²) in [6, 6.07) is 0. The monoisotopic (exact) mass is 364 g/mol. The van der Waals surface area contributed by atoms with E-state index in [1.54, 1.807) is 0 Å². The fourth-order valence-corrected chi connectivity index (χ4v) is 7.23. The van der Waals surface area contributed by atoms with Gasteiger partial charge in [-0.1, -0.05) is 30.4 Å². The van der Waals surface area contributed by atoms with Gasteiger partial charge in [-0.05, 0) is 52.4 Å². The molecule has 0 bridgehead atoms. The maximum Gasteiger partial charge on any atom is 0.310 e. The second-order valence-electron chi connectivity index (χ2n) is 8.94. The van der Waals surface area contributed by atoms with Crippen molar-refractivity contribution in [2.24, 2.45) is 17.8 Å². The number of ether oxygens (including phenoxy) is 1. The van der Waals surface area contributed by atoms with Crippen molar-refractivity contribution in [1.82, 2.24) is 0 Å². The smallest absolute Gasteiger partial charge is 0.310 e. The molecule has 0 unspecified atom stereocenters. The van der Waals surface area contributed by atoms with Gasteiger partial charge >= 0.3 is 5.97 Å². The molecule has 0 radical (unpaired) electrons. The Morgan fingerprint density at radius 1 is 1.20 bits per heavy atom. The molecule has 3 aliphatic carbocycles. The average Bonchev–Trinajstić information content (AvgIpc) is 3.02. The maximum absolute atomic E-state index is 12.7. The Bertz CT molecular complexity index is 561. The number of hydrogen-bond acceptors (Lipinski definition) is 4. The Morgan fingerprint density at radius 2 is 1.96 bits per heavy atom. The Kier molecular flexibility index (Phi) is 4.96. The zero-order chi connectivity index (χ0) is 17.6. The lowest BCUT2D eigenvalue weighted by molar-refractivity contribution is -0.147. The predicted molar refractivity (Wildman–Crippen MR) is 101 cm³/mol. The highest BCUT2D eigenvalue weighted by Crippen LogP contribution is 2.53. The van der Waals surface area contributed by atoms with Crippen LogP contribution < -0.4 is 0 Å². The number of allylic oxidation sites excluding steroid dienone is 1. The van der Waals surface area contributed by atoms with Gasteiger partial charge in [0.05, 0.1) is 11.5 Å². The van der Waals surface area contributed by atoms with Crippen LogP contribution in [-0.2, 0) is 9.53 Å². The first kappa shape index (κ1) is 17.9. The number of fused-ring (bicyclic) bond motifs is 3. The summed E-state index contributed by atoms with van der Waals surface area (Å²) in [6.45, 7) is 4.16. The molecule has 0 spiro atoms. The van der Waals surface area contributed by atoms with Gasteiger partial charge in [-0.15, -0.1) is 0 Å². The molecule has 5 atom stereocenters. The Hall–Kier alpha value is -0.480.